The van der Waals surface area contributed by atoms with Gasteiger partial charge in [0, 0.05) is 44.0 Å². The molecule has 1 N–H and O–H groups in total. The Kier molecular flexibility index (Phi) is 5.88. The Morgan fingerprint density at radius 3 is 2.62 bits per heavy atom. The number of aryl methyl sites for hydroxylation is 1. The first kappa shape index (κ1) is 21.4. The van der Waals surface area contributed by atoms with E-state index in [2.05, 4.69) is 15.0 Å². The molecule has 2 aromatic rings. The molecule has 8 heteroatoms. The van der Waals surface area contributed by atoms with E-state index in [1.807, 2.05) is 18.9 Å². The monoisotopic (exact) mass is 438 g/mol. The molecule has 1 saturated carbocycles. The van der Waals surface area contributed by atoms with Crippen molar-refractivity contribution in [2.45, 2.75) is 83.3 Å². The number of rotatable bonds is 3. The maximum Gasteiger partial charge on any atom is 0.257 e. The fourth-order valence-corrected chi connectivity index (χ4v) is 5.72. The van der Waals surface area contributed by atoms with Gasteiger partial charge in [-0.2, -0.15) is 5.10 Å². The van der Waals surface area contributed by atoms with Crippen LogP contribution in [0.15, 0.2) is 11.0 Å². The highest BCUT2D eigenvalue weighted by atomic mass is 16.2. The molecule has 32 heavy (non-hydrogen) atoms. The molecule has 2 fully saturated rings. The molecule has 1 amide bonds. The Balaban J connectivity index is 1.43. The number of aromatic nitrogens is 4. The van der Waals surface area contributed by atoms with Gasteiger partial charge in [-0.25, -0.2) is 4.98 Å². The minimum Gasteiger partial charge on any atom is -0.328 e. The van der Waals surface area contributed by atoms with E-state index in [1.165, 1.54) is 32.1 Å². The van der Waals surface area contributed by atoms with Gasteiger partial charge >= 0.3 is 0 Å². The number of hydrogen-bond acceptors (Lipinski definition) is 5. The molecule has 1 saturated heterocycles. The van der Waals surface area contributed by atoms with Gasteiger partial charge in [-0.05, 0) is 45.4 Å². The van der Waals surface area contributed by atoms with E-state index in [9.17, 15) is 9.59 Å². The molecule has 2 aromatic heterocycles. The molecule has 3 aliphatic rings. The number of fused-ring (bicyclic) bond motifs is 1. The standard InChI is InChI=1S/C24H34N6O2/c1-16-19(14-25-28(16)2)24(32)30-12-7-6-10-21(30)22-26-20-15-29(17-8-4-3-5-9-17)13-11-18(20)23(31)27-22/h14,17,21H,3-13,15H2,1-2H3,(H,26,27,31). The number of piperidine rings is 1. The minimum absolute atomic E-state index is 0.0236. The Bertz CT molecular complexity index is 1050. The summed E-state index contributed by atoms with van der Waals surface area (Å²) in [5, 5.41) is 4.24. The lowest BCUT2D eigenvalue weighted by molar-refractivity contribution is 0.0597. The first-order valence-corrected chi connectivity index (χ1v) is 12.2. The number of hydrogen-bond donors (Lipinski definition) is 1. The first-order valence-electron chi connectivity index (χ1n) is 12.2. The summed E-state index contributed by atoms with van der Waals surface area (Å²) in [4.78, 5) is 38.8. The van der Waals surface area contributed by atoms with Gasteiger partial charge in [-0.15, -0.1) is 0 Å². The van der Waals surface area contributed by atoms with E-state index in [0.29, 0.717) is 24.0 Å². The summed E-state index contributed by atoms with van der Waals surface area (Å²) in [5.41, 5.74) is 3.20. The fraction of sp³-hybridized carbons (Fsp3) is 0.667. The Morgan fingerprint density at radius 2 is 1.88 bits per heavy atom. The third kappa shape index (κ3) is 3.89. The zero-order chi connectivity index (χ0) is 22.2. The normalized spacial score (nSPS) is 22.7. The number of amides is 1. The molecule has 172 valence electrons. The van der Waals surface area contributed by atoms with Crippen LogP contribution in [0.1, 0.15) is 90.5 Å². The molecule has 1 atom stereocenters. The molecule has 2 aliphatic heterocycles. The van der Waals surface area contributed by atoms with Crippen molar-refractivity contribution in [3.8, 4) is 0 Å². The van der Waals surface area contributed by atoms with E-state index in [1.54, 1.807) is 10.9 Å². The summed E-state index contributed by atoms with van der Waals surface area (Å²) >= 11 is 0. The molecular weight excluding hydrogens is 404 g/mol. The van der Waals surface area contributed by atoms with Crippen LogP contribution in [0.4, 0.5) is 0 Å². The van der Waals surface area contributed by atoms with Crippen LogP contribution in [0.5, 0.6) is 0 Å². The second-order valence-electron chi connectivity index (χ2n) is 9.67. The topological polar surface area (TPSA) is 87.1 Å². The van der Waals surface area contributed by atoms with Crippen molar-refractivity contribution in [2.75, 3.05) is 13.1 Å². The zero-order valence-electron chi connectivity index (χ0n) is 19.3. The molecule has 8 nitrogen and oxygen atoms in total. The van der Waals surface area contributed by atoms with Crippen molar-refractivity contribution in [3.63, 3.8) is 0 Å². The van der Waals surface area contributed by atoms with Gasteiger partial charge in [0.2, 0.25) is 0 Å². The molecule has 1 unspecified atom stereocenters. The second kappa shape index (κ2) is 8.81. The smallest absolute Gasteiger partial charge is 0.257 e. The zero-order valence-corrected chi connectivity index (χ0v) is 19.3. The Hall–Kier alpha value is -2.48. The van der Waals surface area contributed by atoms with Crippen LogP contribution in [0, 0.1) is 6.92 Å². The van der Waals surface area contributed by atoms with Crippen molar-refractivity contribution in [1.29, 1.82) is 0 Å². The molecule has 4 heterocycles. The van der Waals surface area contributed by atoms with Crippen molar-refractivity contribution in [2.24, 2.45) is 7.05 Å². The number of aromatic amines is 1. The lowest BCUT2D eigenvalue weighted by atomic mass is 9.92. The average molecular weight is 439 g/mol. The summed E-state index contributed by atoms with van der Waals surface area (Å²) in [6, 6.07) is 0.418. The van der Waals surface area contributed by atoms with Crippen LogP contribution in [0.25, 0.3) is 0 Å². The fourth-order valence-electron chi connectivity index (χ4n) is 5.72. The number of likely N-dealkylation sites (tertiary alicyclic amines) is 1. The van der Waals surface area contributed by atoms with Crippen molar-refractivity contribution in [3.05, 3.63) is 44.9 Å². The van der Waals surface area contributed by atoms with Crippen molar-refractivity contribution >= 4 is 5.91 Å². The van der Waals surface area contributed by atoms with Gasteiger partial charge in [0.05, 0.1) is 23.5 Å². The molecule has 0 radical (unpaired) electrons. The SMILES string of the molecule is Cc1c(C(=O)N2CCCCC2c2nc3c(c(=O)[nH]2)CCN(C2CCCCC2)C3)cnn1C. The second-order valence-corrected chi connectivity index (χ2v) is 9.67. The molecule has 5 rings (SSSR count). The molecule has 1 aliphatic carbocycles. The van der Waals surface area contributed by atoms with Crippen LogP contribution in [0.3, 0.4) is 0 Å². The number of nitrogens with one attached hydrogen (secondary N) is 1. The van der Waals surface area contributed by atoms with Gasteiger partial charge < -0.3 is 9.88 Å². The highest BCUT2D eigenvalue weighted by molar-refractivity contribution is 5.95. The van der Waals surface area contributed by atoms with Gasteiger partial charge in [-0.3, -0.25) is 19.2 Å². The van der Waals surface area contributed by atoms with Crippen LogP contribution >= 0.6 is 0 Å². The summed E-state index contributed by atoms with van der Waals surface area (Å²) in [6.45, 7) is 4.28. The van der Waals surface area contributed by atoms with Gasteiger partial charge in [0.1, 0.15) is 5.82 Å². The summed E-state index contributed by atoms with van der Waals surface area (Å²) in [7, 11) is 1.85. The van der Waals surface area contributed by atoms with Crippen LogP contribution in [-0.4, -0.2) is 54.6 Å². The number of nitrogens with zero attached hydrogens (tertiary/aromatic N) is 5. The predicted octanol–water partition coefficient (Wildman–Crippen LogP) is 2.87. The van der Waals surface area contributed by atoms with Gasteiger partial charge in [0.25, 0.3) is 11.5 Å². The maximum absolute atomic E-state index is 13.4. The van der Waals surface area contributed by atoms with E-state index in [0.717, 1.165) is 55.7 Å². The van der Waals surface area contributed by atoms with Gasteiger partial charge in [0.15, 0.2) is 0 Å². The van der Waals surface area contributed by atoms with E-state index in [4.69, 9.17) is 4.98 Å². The summed E-state index contributed by atoms with van der Waals surface area (Å²) in [5.74, 6) is 0.623. The van der Waals surface area contributed by atoms with Crippen LogP contribution < -0.4 is 5.56 Å². The van der Waals surface area contributed by atoms with Crippen LogP contribution in [0.2, 0.25) is 0 Å². The van der Waals surface area contributed by atoms with Gasteiger partial charge in [-0.1, -0.05) is 19.3 Å². The van der Waals surface area contributed by atoms with Crippen LogP contribution in [-0.2, 0) is 20.0 Å². The highest BCUT2D eigenvalue weighted by Crippen LogP contribution is 2.32. The van der Waals surface area contributed by atoms with E-state index < -0.39 is 0 Å². The van der Waals surface area contributed by atoms with E-state index >= 15 is 0 Å². The highest BCUT2D eigenvalue weighted by Gasteiger charge is 2.34. The van der Waals surface area contributed by atoms with E-state index in [-0.39, 0.29) is 17.5 Å². The third-order valence-corrected chi connectivity index (χ3v) is 7.76. The largest absolute Gasteiger partial charge is 0.328 e. The maximum atomic E-state index is 13.4. The van der Waals surface area contributed by atoms with Crippen molar-refractivity contribution < 1.29 is 4.79 Å². The summed E-state index contributed by atoms with van der Waals surface area (Å²) < 4.78 is 1.73. The molecule has 0 bridgehead atoms. The number of carbonyl (C=O) groups is 1. The minimum atomic E-state index is -0.195. The lowest BCUT2D eigenvalue weighted by Crippen LogP contribution is -2.44. The quantitative estimate of drug-likeness (QED) is 0.796. The average Bonchev–Trinajstić information content (AvgIpc) is 3.17. The number of H-pyrrole nitrogens is 1. The molecule has 0 aromatic carbocycles. The lowest BCUT2D eigenvalue weighted by Gasteiger charge is -2.38. The summed E-state index contributed by atoms with van der Waals surface area (Å²) in [6.07, 6.45) is 11.7. The van der Waals surface area contributed by atoms with Crippen molar-refractivity contribution in [1.82, 2.24) is 29.5 Å². The number of carbonyl (C=O) groups excluding carboxylic acids is 1. The predicted molar refractivity (Wildman–Crippen MR) is 121 cm³/mol. The molecule has 0 spiro atoms. The Morgan fingerprint density at radius 1 is 1.09 bits per heavy atom. The molecular formula is C24H34N6O2. The Labute approximate surface area is 189 Å². The first-order chi connectivity index (χ1) is 15.5. The third-order valence-electron chi connectivity index (χ3n) is 7.76.